The fraction of sp³-hybridized carbons (Fsp3) is 0.600. The van der Waals surface area contributed by atoms with Crippen molar-refractivity contribution in [2.75, 3.05) is 49.6 Å². The highest BCUT2D eigenvalue weighted by Gasteiger charge is 2.21. The third-order valence-electron chi connectivity index (χ3n) is 4.02. The van der Waals surface area contributed by atoms with Gasteiger partial charge in [-0.3, -0.25) is 4.79 Å². The number of carbonyl (C=O) groups excluding carboxylic acids is 1. The van der Waals surface area contributed by atoms with E-state index < -0.39 is 0 Å². The monoisotopic (exact) mass is 290 g/mol. The molecule has 21 heavy (non-hydrogen) atoms. The SMILES string of the molecule is O=C(Nc1ccc(N2CCOCC2)nc1)C1CCCNC1. The fourth-order valence-corrected chi connectivity index (χ4v) is 2.76. The Labute approximate surface area is 124 Å². The molecule has 1 aromatic heterocycles. The van der Waals surface area contributed by atoms with Crippen molar-refractivity contribution in [3.63, 3.8) is 0 Å². The van der Waals surface area contributed by atoms with Gasteiger partial charge in [-0.15, -0.1) is 0 Å². The summed E-state index contributed by atoms with van der Waals surface area (Å²) in [4.78, 5) is 18.8. The van der Waals surface area contributed by atoms with Gasteiger partial charge in [0.15, 0.2) is 0 Å². The van der Waals surface area contributed by atoms with E-state index in [-0.39, 0.29) is 11.8 Å². The van der Waals surface area contributed by atoms with Crippen LogP contribution < -0.4 is 15.5 Å². The maximum Gasteiger partial charge on any atom is 0.228 e. The molecule has 2 aliphatic rings. The average molecular weight is 290 g/mol. The van der Waals surface area contributed by atoms with Gasteiger partial charge in [0.2, 0.25) is 5.91 Å². The summed E-state index contributed by atoms with van der Waals surface area (Å²) in [5.74, 6) is 1.09. The summed E-state index contributed by atoms with van der Waals surface area (Å²) in [5.41, 5.74) is 0.766. The van der Waals surface area contributed by atoms with E-state index in [2.05, 4.69) is 20.5 Å². The van der Waals surface area contributed by atoms with Crippen LogP contribution in [0, 0.1) is 5.92 Å². The number of hydrogen-bond donors (Lipinski definition) is 2. The van der Waals surface area contributed by atoms with Crippen LogP contribution in [0.4, 0.5) is 11.5 Å². The lowest BCUT2D eigenvalue weighted by molar-refractivity contribution is -0.120. The summed E-state index contributed by atoms with van der Waals surface area (Å²) < 4.78 is 5.33. The minimum Gasteiger partial charge on any atom is -0.378 e. The third-order valence-corrected chi connectivity index (χ3v) is 4.02. The van der Waals surface area contributed by atoms with Crippen LogP contribution in [0.15, 0.2) is 18.3 Å². The maximum absolute atomic E-state index is 12.1. The standard InChI is InChI=1S/C15H22N4O2/c20-15(12-2-1-5-16-10-12)18-13-3-4-14(17-11-13)19-6-8-21-9-7-19/h3-4,11-12,16H,1-2,5-10H2,(H,18,20). The van der Waals surface area contributed by atoms with Gasteiger partial charge in [-0.25, -0.2) is 4.98 Å². The lowest BCUT2D eigenvalue weighted by Gasteiger charge is -2.27. The molecule has 0 aromatic carbocycles. The summed E-state index contributed by atoms with van der Waals surface area (Å²) in [6.45, 7) is 5.01. The van der Waals surface area contributed by atoms with Crippen molar-refractivity contribution in [2.24, 2.45) is 5.92 Å². The fourth-order valence-electron chi connectivity index (χ4n) is 2.76. The van der Waals surface area contributed by atoms with E-state index in [4.69, 9.17) is 4.74 Å². The van der Waals surface area contributed by atoms with Crippen molar-refractivity contribution in [1.29, 1.82) is 0 Å². The van der Waals surface area contributed by atoms with Crippen LogP contribution in [0.25, 0.3) is 0 Å². The van der Waals surface area contributed by atoms with Crippen LogP contribution in [0.5, 0.6) is 0 Å². The van der Waals surface area contributed by atoms with E-state index in [1.54, 1.807) is 6.20 Å². The van der Waals surface area contributed by atoms with E-state index in [0.29, 0.717) is 0 Å². The first-order valence-corrected chi connectivity index (χ1v) is 7.63. The minimum atomic E-state index is 0.0673. The van der Waals surface area contributed by atoms with Gasteiger partial charge in [-0.05, 0) is 31.5 Å². The second-order valence-electron chi connectivity index (χ2n) is 5.54. The van der Waals surface area contributed by atoms with E-state index in [1.165, 1.54) is 0 Å². The molecule has 2 saturated heterocycles. The number of aromatic nitrogens is 1. The van der Waals surface area contributed by atoms with E-state index in [1.807, 2.05) is 12.1 Å². The molecule has 0 aliphatic carbocycles. The molecule has 1 atom stereocenters. The first kappa shape index (κ1) is 14.3. The molecule has 2 fully saturated rings. The molecule has 0 radical (unpaired) electrons. The van der Waals surface area contributed by atoms with Crippen LogP contribution in [0.1, 0.15) is 12.8 Å². The van der Waals surface area contributed by atoms with Gasteiger partial charge in [0.1, 0.15) is 5.82 Å². The van der Waals surface area contributed by atoms with Gasteiger partial charge in [0.05, 0.1) is 31.0 Å². The lowest BCUT2D eigenvalue weighted by atomic mass is 9.99. The molecular formula is C15H22N4O2. The molecule has 114 valence electrons. The van der Waals surface area contributed by atoms with Crippen LogP contribution >= 0.6 is 0 Å². The Morgan fingerprint density at radius 2 is 2.24 bits per heavy atom. The number of nitrogens with zero attached hydrogens (tertiary/aromatic N) is 2. The Kier molecular flexibility index (Phi) is 4.67. The molecule has 1 aromatic rings. The predicted octanol–water partition coefficient (Wildman–Crippen LogP) is 0.856. The number of carbonyl (C=O) groups is 1. The molecule has 6 heteroatoms. The Bertz CT molecular complexity index is 465. The topological polar surface area (TPSA) is 66.5 Å². The molecule has 1 unspecified atom stereocenters. The van der Waals surface area contributed by atoms with Gasteiger partial charge in [-0.2, -0.15) is 0 Å². The van der Waals surface area contributed by atoms with Crippen LogP contribution in [-0.4, -0.2) is 50.3 Å². The number of ether oxygens (including phenoxy) is 1. The summed E-state index contributed by atoms with van der Waals surface area (Å²) in [6.07, 6.45) is 3.75. The molecule has 0 saturated carbocycles. The number of anilines is 2. The quantitative estimate of drug-likeness (QED) is 0.864. The van der Waals surface area contributed by atoms with Crippen molar-refractivity contribution in [1.82, 2.24) is 10.3 Å². The van der Waals surface area contributed by atoms with Crippen LogP contribution in [0.3, 0.4) is 0 Å². The lowest BCUT2D eigenvalue weighted by Crippen LogP contribution is -2.37. The molecule has 3 heterocycles. The largest absolute Gasteiger partial charge is 0.378 e. The summed E-state index contributed by atoms with van der Waals surface area (Å²) in [5, 5.41) is 6.22. The summed E-state index contributed by atoms with van der Waals surface area (Å²) in [6, 6.07) is 3.88. The zero-order valence-corrected chi connectivity index (χ0v) is 12.2. The number of pyridine rings is 1. The smallest absolute Gasteiger partial charge is 0.228 e. The Balaban J connectivity index is 1.57. The number of morpholine rings is 1. The predicted molar refractivity (Wildman–Crippen MR) is 81.5 cm³/mol. The number of piperidine rings is 1. The number of nitrogens with one attached hydrogen (secondary N) is 2. The average Bonchev–Trinajstić information content (AvgIpc) is 2.57. The highest BCUT2D eigenvalue weighted by molar-refractivity contribution is 5.92. The van der Waals surface area contributed by atoms with Crippen molar-refractivity contribution < 1.29 is 9.53 Å². The first-order valence-electron chi connectivity index (χ1n) is 7.63. The van der Waals surface area contributed by atoms with E-state index >= 15 is 0 Å². The van der Waals surface area contributed by atoms with Crippen molar-refractivity contribution in [3.05, 3.63) is 18.3 Å². The van der Waals surface area contributed by atoms with Gasteiger partial charge >= 0.3 is 0 Å². The zero-order valence-electron chi connectivity index (χ0n) is 12.2. The number of rotatable bonds is 3. The van der Waals surface area contributed by atoms with Gasteiger partial charge in [0.25, 0.3) is 0 Å². The first-order chi connectivity index (χ1) is 10.3. The van der Waals surface area contributed by atoms with Crippen molar-refractivity contribution in [2.45, 2.75) is 12.8 Å². The normalized spacial score (nSPS) is 22.9. The molecule has 2 aliphatic heterocycles. The third kappa shape index (κ3) is 3.71. The second kappa shape index (κ2) is 6.87. The number of hydrogen-bond acceptors (Lipinski definition) is 5. The van der Waals surface area contributed by atoms with Crippen molar-refractivity contribution >= 4 is 17.4 Å². The van der Waals surface area contributed by atoms with Crippen LogP contribution in [0.2, 0.25) is 0 Å². The van der Waals surface area contributed by atoms with E-state index in [9.17, 15) is 4.79 Å². The molecule has 2 N–H and O–H groups in total. The van der Waals surface area contributed by atoms with Gasteiger partial charge in [0, 0.05) is 19.6 Å². The maximum atomic E-state index is 12.1. The van der Waals surface area contributed by atoms with E-state index in [0.717, 1.165) is 63.7 Å². The summed E-state index contributed by atoms with van der Waals surface area (Å²) in [7, 11) is 0. The Hall–Kier alpha value is -1.66. The Morgan fingerprint density at radius 1 is 1.38 bits per heavy atom. The van der Waals surface area contributed by atoms with Gasteiger partial charge < -0.3 is 20.3 Å². The molecular weight excluding hydrogens is 268 g/mol. The van der Waals surface area contributed by atoms with Gasteiger partial charge in [-0.1, -0.05) is 0 Å². The van der Waals surface area contributed by atoms with Crippen molar-refractivity contribution in [3.8, 4) is 0 Å². The highest BCUT2D eigenvalue weighted by atomic mass is 16.5. The minimum absolute atomic E-state index is 0.0673. The molecule has 3 rings (SSSR count). The molecule has 0 spiro atoms. The zero-order chi connectivity index (χ0) is 14.5. The highest BCUT2D eigenvalue weighted by Crippen LogP contribution is 2.17. The second-order valence-corrected chi connectivity index (χ2v) is 5.54. The molecule has 6 nitrogen and oxygen atoms in total. The number of amides is 1. The molecule has 1 amide bonds. The summed E-state index contributed by atoms with van der Waals surface area (Å²) >= 11 is 0. The Morgan fingerprint density at radius 3 is 2.90 bits per heavy atom. The molecule has 0 bridgehead atoms. The van der Waals surface area contributed by atoms with Crippen LogP contribution in [-0.2, 0) is 9.53 Å².